The number of benzene rings is 1. The van der Waals surface area contributed by atoms with E-state index in [-0.39, 0.29) is 24.7 Å². The van der Waals surface area contributed by atoms with Crippen LogP contribution in [-0.2, 0) is 15.8 Å². The van der Waals surface area contributed by atoms with E-state index in [4.69, 9.17) is 0 Å². The first-order valence-electron chi connectivity index (χ1n) is 8.80. The van der Waals surface area contributed by atoms with Crippen molar-refractivity contribution in [3.63, 3.8) is 0 Å². The number of anilines is 1. The van der Waals surface area contributed by atoms with Gasteiger partial charge in [-0.25, -0.2) is 0 Å². The SMILES string of the molecule is CNC1CCCN(CC(=O)N(C)CC(=O)Nc2ccccc2C(F)(F)F)C1. The largest absolute Gasteiger partial charge is 0.418 e. The third-order valence-electron chi connectivity index (χ3n) is 4.59. The number of halogens is 3. The summed E-state index contributed by atoms with van der Waals surface area (Å²) >= 11 is 0. The van der Waals surface area contributed by atoms with Crippen LogP contribution in [-0.4, -0.2) is 67.9 Å². The lowest BCUT2D eigenvalue weighted by atomic mass is 10.1. The van der Waals surface area contributed by atoms with E-state index in [9.17, 15) is 22.8 Å². The minimum Gasteiger partial charge on any atom is -0.335 e. The number of hydrogen-bond acceptors (Lipinski definition) is 4. The number of nitrogens with zero attached hydrogens (tertiary/aromatic N) is 2. The molecule has 1 saturated heterocycles. The second kappa shape index (κ2) is 9.18. The second-order valence-electron chi connectivity index (χ2n) is 6.70. The second-order valence-corrected chi connectivity index (χ2v) is 6.70. The molecule has 1 aromatic carbocycles. The topological polar surface area (TPSA) is 64.7 Å². The molecule has 0 spiro atoms. The van der Waals surface area contributed by atoms with Crippen LogP contribution >= 0.6 is 0 Å². The zero-order valence-electron chi connectivity index (χ0n) is 15.5. The summed E-state index contributed by atoms with van der Waals surface area (Å²) in [7, 11) is 3.35. The Morgan fingerprint density at radius 3 is 2.67 bits per heavy atom. The molecule has 150 valence electrons. The van der Waals surface area contributed by atoms with Gasteiger partial charge in [-0.3, -0.25) is 14.5 Å². The van der Waals surface area contributed by atoms with Gasteiger partial charge in [0.05, 0.1) is 24.3 Å². The zero-order chi connectivity index (χ0) is 20.0. The summed E-state index contributed by atoms with van der Waals surface area (Å²) in [6, 6.07) is 5.09. The molecule has 2 amide bonds. The van der Waals surface area contributed by atoms with Gasteiger partial charge in [0, 0.05) is 19.6 Å². The number of likely N-dealkylation sites (N-methyl/N-ethyl adjacent to an activating group) is 2. The Labute approximate surface area is 156 Å². The van der Waals surface area contributed by atoms with Crippen LogP contribution in [0, 0.1) is 0 Å². The summed E-state index contributed by atoms with van der Waals surface area (Å²) in [5.41, 5.74) is -1.23. The van der Waals surface area contributed by atoms with Crippen molar-refractivity contribution in [1.29, 1.82) is 0 Å². The van der Waals surface area contributed by atoms with Gasteiger partial charge in [0.1, 0.15) is 0 Å². The highest BCUT2D eigenvalue weighted by Crippen LogP contribution is 2.34. The number of amides is 2. The summed E-state index contributed by atoms with van der Waals surface area (Å²) in [4.78, 5) is 27.7. The fourth-order valence-corrected chi connectivity index (χ4v) is 3.08. The zero-order valence-corrected chi connectivity index (χ0v) is 15.5. The van der Waals surface area contributed by atoms with Gasteiger partial charge < -0.3 is 15.5 Å². The normalized spacial score (nSPS) is 18.2. The summed E-state index contributed by atoms with van der Waals surface area (Å²) < 4.78 is 39.0. The number of para-hydroxylation sites is 1. The molecule has 0 bridgehead atoms. The van der Waals surface area contributed by atoms with Crippen LogP contribution in [0.3, 0.4) is 0 Å². The molecule has 1 aliphatic rings. The van der Waals surface area contributed by atoms with Crippen molar-refractivity contribution in [1.82, 2.24) is 15.1 Å². The Morgan fingerprint density at radius 1 is 1.30 bits per heavy atom. The predicted molar refractivity (Wildman–Crippen MR) is 96.2 cm³/mol. The molecule has 27 heavy (non-hydrogen) atoms. The predicted octanol–water partition coefficient (Wildman–Crippen LogP) is 1.79. The molecule has 2 rings (SSSR count). The van der Waals surface area contributed by atoms with Crippen LogP contribution in [0.5, 0.6) is 0 Å². The number of piperidine rings is 1. The number of carbonyl (C=O) groups is 2. The van der Waals surface area contributed by atoms with E-state index in [1.54, 1.807) is 0 Å². The number of carbonyl (C=O) groups excluding carboxylic acids is 2. The molecule has 0 aliphatic carbocycles. The van der Waals surface area contributed by atoms with Gasteiger partial charge in [-0.2, -0.15) is 13.2 Å². The quantitative estimate of drug-likeness (QED) is 0.783. The lowest BCUT2D eigenvalue weighted by molar-refractivity contribution is -0.137. The number of likely N-dealkylation sites (tertiary alicyclic amines) is 1. The highest BCUT2D eigenvalue weighted by atomic mass is 19.4. The third kappa shape index (κ3) is 6.21. The Bertz CT molecular complexity index is 666. The van der Waals surface area contributed by atoms with E-state index in [1.165, 1.54) is 30.1 Å². The average molecular weight is 386 g/mol. The molecule has 6 nitrogen and oxygen atoms in total. The molecule has 1 fully saturated rings. The maximum Gasteiger partial charge on any atom is 0.418 e. The maximum atomic E-state index is 13.0. The van der Waals surface area contributed by atoms with Gasteiger partial charge in [0.15, 0.2) is 0 Å². The monoisotopic (exact) mass is 386 g/mol. The minimum absolute atomic E-state index is 0.182. The first kappa shape index (κ1) is 21.2. The standard InChI is InChI=1S/C18H25F3N4O2/c1-22-13-6-5-9-25(10-13)12-17(27)24(2)11-16(26)23-15-8-4-3-7-14(15)18(19,20)21/h3-4,7-8,13,22H,5-6,9-12H2,1-2H3,(H,23,26). The Morgan fingerprint density at radius 2 is 2.00 bits per heavy atom. The fraction of sp³-hybridized carbons (Fsp3) is 0.556. The molecular formula is C18H25F3N4O2. The summed E-state index contributed by atoms with van der Waals surface area (Å²) in [5.74, 6) is -0.916. The molecule has 1 aromatic rings. The molecule has 0 aromatic heterocycles. The van der Waals surface area contributed by atoms with Gasteiger partial charge in [-0.1, -0.05) is 12.1 Å². The van der Waals surface area contributed by atoms with E-state index >= 15 is 0 Å². The number of hydrogen-bond donors (Lipinski definition) is 2. The Balaban J connectivity index is 1.89. The van der Waals surface area contributed by atoms with Gasteiger partial charge in [0.2, 0.25) is 11.8 Å². The van der Waals surface area contributed by atoms with E-state index < -0.39 is 17.6 Å². The molecular weight excluding hydrogens is 361 g/mol. The highest BCUT2D eigenvalue weighted by molar-refractivity contribution is 5.95. The van der Waals surface area contributed by atoms with Crippen molar-refractivity contribution in [2.75, 3.05) is 45.6 Å². The van der Waals surface area contributed by atoms with Crippen molar-refractivity contribution in [3.8, 4) is 0 Å². The molecule has 0 radical (unpaired) electrons. The lowest BCUT2D eigenvalue weighted by Gasteiger charge is -2.32. The smallest absolute Gasteiger partial charge is 0.335 e. The molecule has 1 aliphatic heterocycles. The van der Waals surface area contributed by atoms with Crippen LogP contribution in [0.15, 0.2) is 24.3 Å². The molecule has 1 atom stereocenters. The van der Waals surface area contributed by atoms with Crippen molar-refractivity contribution in [3.05, 3.63) is 29.8 Å². The van der Waals surface area contributed by atoms with Crippen molar-refractivity contribution in [2.24, 2.45) is 0 Å². The van der Waals surface area contributed by atoms with Crippen LogP contribution in [0.25, 0.3) is 0 Å². The summed E-state index contributed by atoms with van der Waals surface area (Å²) in [6.45, 7) is 1.43. The van der Waals surface area contributed by atoms with Crippen LogP contribution in [0.2, 0.25) is 0 Å². The number of nitrogens with one attached hydrogen (secondary N) is 2. The minimum atomic E-state index is -4.57. The molecule has 2 N–H and O–H groups in total. The molecule has 1 unspecified atom stereocenters. The van der Waals surface area contributed by atoms with Crippen molar-refractivity contribution >= 4 is 17.5 Å². The summed E-state index contributed by atoms with van der Waals surface area (Å²) in [6.07, 6.45) is -2.53. The average Bonchev–Trinajstić information content (AvgIpc) is 2.61. The van der Waals surface area contributed by atoms with Crippen LogP contribution in [0.4, 0.5) is 18.9 Å². The van der Waals surface area contributed by atoms with E-state index in [1.807, 2.05) is 11.9 Å². The van der Waals surface area contributed by atoms with E-state index in [0.29, 0.717) is 6.04 Å². The fourth-order valence-electron chi connectivity index (χ4n) is 3.08. The van der Waals surface area contributed by atoms with Gasteiger partial charge in [0.25, 0.3) is 0 Å². The molecule has 1 heterocycles. The Hall–Kier alpha value is -2.13. The van der Waals surface area contributed by atoms with Gasteiger partial charge >= 0.3 is 6.18 Å². The third-order valence-corrected chi connectivity index (χ3v) is 4.59. The number of rotatable bonds is 6. The van der Waals surface area contributed by atoms with Gasteiger partial charge in [-0.15, -0.1) is 0 Å². The maximum absolute atomic E-state index is 13.0. The van der Waals surface area contributed by atoms with Crippen LogP contribution < -0.4 is 10.6 Å². The highest BCUT2D eigenvalue weighted by Gasteiger charge is 2.33. The lowest BCUT2D eigenvalue weighted by Crippen LogP contribution is -2.48. The van der Waals surface area contributed by atoms with E-state index in [0.717, 1.165) is 32.0 Å². The first-order chi connectivity index (χ1) is 12.7. The summed E-state index contributed by atoms with van der Waals surface area (Å²) in [5, 5.41) is 5.44. The molecule has 0 saturated carbocycles. The van der Waals surface area contributed by atoms with Crippen LogP contribution in [0.1, 0.15) is 18.4 Å². The number of alkyl halides is 3. The van der Waals surface area contributed by atoms with Crippen molar-refractivity contribution in [2.45, 2.75) is 25.1 Å². The van der Waals surface area contributed by atoms with Gasteiger partial charge in [-0.05, 0) is 38.6 Å². The molecule has 9 heteroatoms. The first-order valence-corrected chi connectivity index (χ1v) is 8.80. The Kier molecular flexibility index (Phi) is 7.20. The van der Waals surface area contributed by atoms with Crippen molar-refractivity contribution < 1.29 is 22.8 Å². The van der Waals surface area contributed by atoms with E-state index in [2.05, 4.69) is 10.6 Å².